The Balaban J connectivity index is 2.09. The minimum atomic E-state index is -0.128. The first kappa shape index (κ1) is 13.8. The molecule has 0 aliphatic heterocycles. The largest absolute Gasteiger partial charge is 0.459 e. The lowest BCUT2D eigenvalue weighted by atomic mass is 10.1. The Morgan fingerprint density at radius 1 is 1.25 bits per heavy atom. The van der Waals surface area contributed by atoms with Crippen LogP contribution in [0.15, 0.2) is 38.5 Å². The monoisotopic (exact) mass is 350 g/mol. The summed E-state index contributed by atoms with van der Waals surface area (Å²) in [5.74, 6) is 6.58. The zero-order valence-corrected chi connectivity index (χ0v) is 13.6. The van der Waals surface area contributed by atoms with Crippen molar-refractivity contribution < 1.29 is 4.42 Å². The number of fused-ring (bicyclic) bond motifs is 1. The highest BCUT2D eigenvalue weighted by molar-refractivity contribution is 9.11. The van der Waals surface area contributed by atoms with E-state index in [1.807, 2.05) is 19.1 Å². The van der Waals surface area contributed by atoms with Crippen LogP contribution in [0.4, 0.5) is 0 Å². The molecule has 3 rings (SSSR count). The van der Waals surface area contributed by atoms with Crippen molar-refractivity contribution in [1.29, 1.82) is 0 Å². The summed E-state index contributed by atoms with van der Waals surface area (Å²) in [5, 5.41) is 1.10. The van der Waals surface area contributed by atoms with Gasteiger partial charge >= 0.3 is 0 Å². The van der Waals surface area contributed by atoms with Gasteiger partial charge in [0.25, 0.3) is 0 Å². The number of halogens is 1. The second kappa shape index (κ2) is 5.33. The van der Waals surface area contributed by atoms with Crippen LogP contribution in [0.2, 0.25) is 0 Å². The maximum atomic E-state index is 6.00. The van der Waals surface area contributed by atoms with Gasteiger partial charge in [-0.3, -0.25) is 5.84 Å². The van der Waals surface area contributed by atoms with Crippen LogP contribution >= 0.6 is 27.3 Å². The molecule has 20 heavy (non-hydrogen) atoms. The topological polar surface area (TPSA) is 51.2 Å². The van der Waals surface area contributed by atoms with Crippen molar-refractivity contribution in [1.82, 2.24) is 5.43 Å². The molecule has 0 fully saturated rings. The average molecular weight is 351 g/mol. The van der Waals surface area contributed by atoms with Gasteiger partial charge in [-0.1, -0.05) is 18.2 Å². The number of nitrogens with two attached hydrogens (primary N) is 1. The predicted molar refractivity (Wildman–Crippen MR) is 86.9 cm³/mol. The number of furan rings is 1. The normalized spacial score (nSPS) is 13.0. The van der Waals surface area contributed by atoms with Gasteiger partial charge in [-0.05, 0) is 53.0 Å². The van der Waals surface area contributed by atoms with Crippen molar-refractivity contribution in [3.63, 3.8) is 0 Å². The summed E-state index contributed by atoms with van der Waals surface area (Å²) >= 11 is 5.22. The van der Waals surface area contributed by atoms with Gasteiger partial charge in [-0.15, -0.1) is 11.3 Å². The molecule has 1 aromatic carbocycles. The Kier molecular flexibility index (Phi) is 3.69. The number of para-hydroxylation sites is 1. The van der Waals surface area contributed by atoms with E-state index in [0.717, 1.165) is 31.0 Å². The van der Waals surface area contributed by atoms with E-state index in [4.69, 9.17) is 10.3 Å². The molecule has 0 radical (unpaired) electrons. The van der Waals surface area contributed by atoms with Crippen molar-refractivity contribution in [2.45, 2.75) is 19.9 Å². The van der Waals surface area contributed by atoms with E-state index in [0.29, 0.717) is 0 Å². The first-order chi connectivity index (χ1) is 9.60. The van der Waals surface area contributed by atoms with Gasteiger partial charge in [0, 0.05) is 10.3 Å². The molecule has 0 aliphatic rings. The maximum absolute atomic E-state index is 6.00. The molecule has 3 N–H and O–H groups in total. The van der Waals surface area contributed by atoms with Crippen molar-refractivity contribution in [3.05, 3.63) is 55.9 Å². The fraction of sp³-hybridized carbons (Fsp3) is 0.200. The Morgan fingerprint density at radius 2 is 2.05 bits per heavy atom. The third-order valence-corrected chi connectivity index (χ3v) is 5.57. The van der Waals surface area contributed by atoms with Gasteiger partial charge in [0.1, 0.15) is 17.4 Å². The third-order valence-electron chi connectivity index (χ3n) is 3.37. The average Bonchev–Trinajstić information content (AvgIpc) is 2.97. The number of rotatable bonds is 3. The second-order valence-corrected chi connectivity index (χ2v) is 7.25. The molecular weight excluding hydrogens is 336 g/mol. The van der Waals surface area contributed by atoms with Crippen molar-refractivity contribution >= 4 is 38.2 Å². The summed E-state index contributed by atoms with van der Waals surface area (Å²) in [6, 6.07) is 10.2. The van der Waals surface area contributed by atoms with Crippen LogP contribution in [0.25, 0.3) is 11.0 Å². The van der Waals surface area contributed by atoms with Crippen LogP contribution in [-0.4, -0.2) is 0 Å². The minimum absolute atomic E-state index is 0.128. The number of nitrogens with one attached hydrogen (secondary N) is 1. The lowest BCUT2D eigenvalue weighted by molar-refractivity contribution is 0.480. The van der Waals surface area contributed by atoms with E-state index in [1.54, 1.807) is 11.3 Å². The zero-order chi connectivity index (χ0) is 14.3. The van der Waals surface area contributed by atoms with Crippen LogP contribution < -0.4 is 11.3 Å². The minimum Gasteiger partial charge on any atom is -0.459 e. The van der Waals surface area contributed by atoms with Gasteiger partial charge in [-0.2, -0.15) is 0 Å². The Morgan fingerprint density at radius 3 is 2.65 bits per heavy atom. The summed E-state index contributed by atoms with van der Waals surface area (Å²) in [6.07, 6.45) is 0. The van der Waals surface area contributed by atoms with E-state index < -0.39 is 0 Å². The fourth-order valence-electron chi connectivity index (χ4n) is 2.30. The standard InChI is InChI=1S/C15H15BrN2OS/c1-8-4-3-5-10-7-11(19-14(8)10)13(18-17)12-6-9(2)15(16)20-12/h3-7,13,18H,17H2,1-2H3. The molecular formula is C15H15BrN2OS. The van der Waals surface area contributed by atoms with Gasteiger partial charge in [0.2, 0.25) is 0 Å². The van der Waals surface area contributed by atoms with Crippen LogP contribution in [0.1, 0.15) is 27.8 Å². The summed E-state index contributed by atoms with van der Waals surface area (Å²) in [5.41, 5.74) is 6.12. The lowest BCUT2D eigenvalue weighted by Gasteiger charge is -2.10. The molecule has 1 atom stereocenters. The molecule has 0 aliphatic carbocycles. The Labute approximate surface area is 129 Å². The fourth-order valence-corrected chi connectivity index (χ4v) is 3.94. The maximum Gasteiger partial charge on any atom is 0.137 e. The molecule has 0 bridgehead atoms. The molecule has 0 saturated carbocycles. The summed E-state index contributed by atoms with van der Waals surface area (Å²) in [6.45, 7) is 4.12. The molecule has 3 nitrogen and oxygen atoms in total. The second-order valence-electron chi connectivity index (χ2n) is 4.85. The molecule has 104 valence electrons. The quantitative estimate of drug-likeness (QED) is 0.542. The van der Waals surface area contributed by atoms with E-state index in [2.05, 4.69) is 46.5 Å². The van der Waals surface area contributed by atoms with Crippen LogP contribution in [0.3, 0.4) is 0 Å². The first-order valence-electron chi connectivity index (χ1n) is 6.31. The molecule has 1 unspecified atom stereocenters. The SMILES string of the molecule is Cc1cc(C(NN)c2cc3cccc(C)c3o2)sc1Br. The lowest BCUT2D eigenvalue weighted by Crippen LogP contribution is -2.27. The molecule has 3 aromatic rings. The highest BCUT2D eigenvalue weighted by Crippen LogP contribution is 2.36. The Bertz CT molecular complexity index is 743. The van der Waals surface area contributed by atoms with Gasteiger partial charge in [-0.25, -0.2) is 5.43 Å². The first-order valence-corrected chi connectivity index (χ1v) is 7.92. The number of aryl methyl sites for hydroxylation is 2. The Hall–Kier alpha value is -1.14. The van der Waals surface area contributed by atoms with Crippen molar-refractivity contribution in [3.8, 4) is 0 Å². The van der Waals surface area contributed by atoms with Gasteiger partial charge < -0.3 is 4.42 Å². The summed E-state index contributed by atoms with van der Waals surface area (Å²) in [4.78, 5) is 1.13. The van der Waals surface area contributed by atoms with Crippen LogP contribution in [0.5, 0.6) is 0 Å². The van der Waals surface area contributed by atoms with E-state index in [-0.39, 0.29) is 6.04 Å². The molecule has 0 saturated heterocycles. The molecule has 0 spiro atoms. The number of hydrogen-bond donors (Lipinski definition) is 2. The molecule has 2 heterocycles. The van der Waals surface area contributed by atoms with Crippen LogP contribution in [-0.2, 0) is 0 Å². The summed E-state index contributed by atoms with van der Waals surface area (Å²) in [7, 11) is 0. The van der Waals surface area contributed by atoms with E-state index >= 15 is 0 Å². The highest BCUT2D eigenvalue weighted by Gasteiger charge is 2.20. The van der Waals surface area contributed by atoms with Gasteiger partial charge in [0.15, 0.2) is 0 Å². The number of benzene rings is 1. The van der Waals surface area contributed by atoms with E-state index in [1.165, 1.54) is 5.56 Å². The van der Waals surface area contributed by atoms with Crippen molar-refractivity contribution in [2.24, 2.45) is 5.84 Å². The van der Waals surface area contributed by atoms with Gasteiger partial charge in [0.05, 0.1) is 3.79 Å². The van der Waals surface area contributed by atoms with Crippen molar-refractivity contribution in [2.75, 3.05) is 0 Å². The van der Waals surface area contributed by atoms with E-state index in [9.17, 15) is 0 Å². The molecule has 2 aromatic heterocycles. The van der Waals surface area contributed by atoms with Crippen LogP contribution in [0, 0.1) is 13.8 Å². The zero-order valence-electron chi connectivity index (χ0n) is 11.2. The smallest absolute Gasteiger partial charge is 0.137 e. The molecule has 0 amide bonds. The predicted octanol–water partition coefficient (Wildman–Crippen LogP) is 4.43. The number of hydrogen-bond acceptors (Lipinski definition) is 4. The summed E-state index contributed by atoms with van der Waals surface area (Å²) < 4.78 is 7.13. The number of hydrazine groups is 1. The third kappa shape index (κ3) is 2.31. The molecule has 5 heteroatoms. The number of thiophene rings is 1. The highest BCUT2D eigenvalue weighted by atomic mass is 79.9.